The number of nitrogens with zero attached hydrogens (tertiary/aromatic N) is 2. The normalized spacial score (nSPS) is 21.5. The lowest BCUT2D eigenvalue weighted by molar-refractivity contribution is -0.134. The van der Waals surface area contributed by atoms with Crippen LogP contribution in [0.15, 0.2) is 72.3 Å². The van der Waals surface area contributed by atoms with Crippen LogP contribution in [0.1, 0.15) is 30.5 Å². The Labute approximate surface area is 248 Å². The lowest BCUT2D eigenvalue weighted by Crippen LogP contribution is -2.58. The number of fused-ring (bicyclic) bond motifs is 3. The highest BCUT2D eigenvalue weighted by Crippen LogP contribution is 2.54. The number of hydrogen-bond donors (Lipinski definition) is 2. The monoisotopic (exact) mass is 582 g/mol. The number of ether oxygens (including phenoxy) is 3. The third kappa shape index (κ3) is 3.82. The minimum Gasteiger partial charge on any atom is -0.507 e. The Balaban J connectivity index is 1.70. The van der Waals surface area contributed by atoms with E-state index in [-0.39, 0.29) is 17.0 Å². The van der Waals surface area contributed by atoms with Gasteiger partial charge in [-0.05, 0) is 80.4 Å². The van der Waals surface area contributed by atoms with Crippen molar-refractivity contribution in [1.29, 1.82) is 0 Å². The summed E-state index contributed by atoms with van der Waals surface area (Å²) < 4.78 is 16.3. The topological polar surface area (TPSA) is 126 Å². The zero-order chi connectivity index (χ0) is 30.8. The van der Waals surface area contributed by atoms with Crippen LogP contribution in [0, 0.1) is 0 Å². The van der Waals surface area contributed by atoms with Gasteiger partial charge in [-0.2, -0.15) is 0 Å². The van der Waals surface area contributed by atoms with E-state index in [1.807, 2.05) is 19.9 Å². The van der Waals surface area contributed by atoms with Crippen molar-refractivity contribution in [3.63, 3.8) is 0 Å². The molecule has 220 valence electrons. The fourth-order valence-electron chi connectivity index (χ4n) is 6.38. The number of Topliss-reactive ketones (excluding diaryl/α,β-unsaturated/α-hetero) is 1. The molecular formula is C33H30N2O8. The molecule has 3 aromatic rings. The summed E-state index contributed by atoms with van der Waals surface area (Å²) in [7, 11) is 4.54. The zero-order valence-electron chi connectivity index (χ0n) is 24.3. The second-order valence-corrected chi connectivity index (χ2v) is 11.2. The van der Waals surface area contributed by atoms with Crippen LogP contribution < -0.4 is 19.1 Å². The largest absolute Gasteiger partial charge is 0.507 e. The first-order valence-electron chi connectivity index (χ1n) is 13.6. The number of phenolic OH excluding ortho intramolecular Hbond substituents is 1. The average Bonchev–Trinajstić information content (AvgIpc) is 3.42. The summed E-state index contributed by atoms with van der Waals surface area (Å²) >= 11 is 0. The molecule has 6 rings (SSSR count). The lowest BCUT2D eigenvalue weighted by atomic mass is 9.84. The van der Waals surface area contributed by atoms with E-state index in [1.165, 1.54) is 51.7 Å². The number of para-hydroxylation sites is 2. The minimum absolute atomic E-state index is 0.0474. The molecule has 1 saturated heterocycles. The molecule has 0 aliphatic carbocycles. The summed E-state index contributed by atoms with van der Waals surface area (Å²) in [6.45, 7) is 3.76. The third-order valence-corrected chi connectivity index (χ3v) is 8.31. The van der Waals surface area contributed by atoms with Crippen LogP contribution in [0.5, 0.6) is 23.0 Å². The van der Waals surface area contributed by atoms with Gasteiger partial charge in [0, 0.05) is 16.7 Å². The highest BCUT2D eigenvalue weighted by Gasteiger charge is 2.67. The number of ketones is 1. The number of methoxy groups -OCH3 is 3. The molecule has 1 unspecified atom stereocenters. The molecule has 1 spiro atoms. The highest BCUT2D eigenvalue weighted by atomic mass is 16.5. The van der Waals surface area contributed by atoms with Gasteiger partial charge in [-0.15, -0.1) is 0 Å². The SMILES string of the molecule is COc1ccc(C(O)=C2C(=O)C(=O)N(c3ccccc3O)C23C=C2c4cc(OC)c(OC)cc4CC(C)(C)N2C3=O)cc1. The van der Waals surface area contributed by atoms with Crippen molar-refractivity contribution in [2.75, 3.05) is 26.2 Å². The van der Waals surface area contributed by atoms with Crippen molar-refractivity contribution in [3.8, 4) is 23.0 Å². The van der Waals surface area contributed by atoms with E-state index >= 15 is 0 Å². The molecule has 3 aliphatic heterocycles. The van der Waals surface area contributed by atoms with Crippen LogP contribution in [0.25, 0.3) is 11.5 Å². The maximum atomic E-state index is 14.9. The second kappa shape index (κ2) is 9.65. The van der Waals surface area contributed by atoms with Crippen molar-refractivity contribution in [3.05, 3.63) is 89.0 Å². The predicted molar refractivity (Wildman–Crippen MR) is 158 cm³/mol. The number of phenols is 1. The summed E-state index contributed by atoms with van der Waals surface area (Å²) in [5, 5.41) is 22.6. The molecule has 0 saturated carbocycles. The zero-order valence-corrected chi connectivity index (χ0v) is 24.3. The summed E-state index contributed by atoms with van der Waals surface area (Å²) in [6, 6.07) is 15.8. The van der Waals surface area contributed by atoms with Crippen molar-refractivity contribution < 1.29 is 38.8 Å². The van der Waals surface area contributed by atoms with E-state index in [0.29, 0.717) is 34.9 Å². The van der Waals surface area contributed by atoms with Gasteiger partial charge in [-0.1, -0.05) is 12.1 Å². The molecule has 10 heteroatoms. The number of benzene rings is 3. The first-order chi connectivity index (χ1) is 20.5. The molecule has 1 atom stereocenters. The Morgan fingerprint density at radius 3 is 2.14 bits per heavy atom. The van der Waals surface area contributed by atoms with Crippen LogP contribution in [-0.2, 0) is 20.8 Å². The van der Waals surface area contributed by atoms with Gasteiger partial charge < -0.3 is 29.3 Å². The number of aliphatic hydroxyl groups is 1. The summed E-state index contributed by atoms with van der Waals surface area (Å²) in [4.78, 5) is 45.2. The first-order valence-corrected chi connectivity index (χ1v) is 13.6. The average molecular weight is 583 g/mol. The fourth-order valence-corrected chi connectivity index (χ4v) is 6.38. The van der Waals surface area contributed by atoms with Crippen molar-refractivity contribution in [2.24, 2.45) is 0 Å². The van der Waals surface area contributed by atoms with Gasteiger partial charge >= 0.3 is 5.91 Å². The van der Waals surface area contributed by atoms with Crippen molar-refractivity contribution in [2.45, 2.75) is 31.3 Å². The van der Waals surface area contributed by atoms with E-state index in [2.05, 4.69) is 0 Å². The Bertz CT molecular complexity index is 1770. The number of carbonyl (C=O) groups is 3. The smallest absolute Gasteiger partial charge is 0.300 e. The number of carbonyl (C=O) groups excluding carboxylic acids is 3. The molecule has 0 radical (unpaired) electrons. The first kappa shape index (κ1) is 27.9. The van der Waals surface area contributed by atoms with E-state index < -0.39 is 40.0 Å². The molecule has 2 amide bonds. The standard InChI is InChI=1S/C33H30N2O8/c1-32(2)16-19-14-25(42-4)26(43-5)15-21(19)23-17-33(31(40)35(23)32)27(28(37)18-10-12-20(41-3)13-11-18)29(38)30(39)34(33)22-8-6-7-9-24(22)36/h6-15,17,36-37H,16H2,1-5H3. The molecule has 10 nitrogen and oxygen atoms in total. The van der Waals surface area contributed by atoms with Crippen LogP contribution in [0.2, 0.25) is 0 Å². The molecule has 3 aromatic carbocycles. The fraction of sp³-hybridized carbons (Fsp3) is 0.242. The number of hydrogen-bond acceptors (Lipinski definition) is 8. The molecule has 43 heavy (non-hydrogen) atoms. The Morgan fingerprint density at radius 1 is 0.860 bits per heavy atom. The van der Waals surface area contributed by atoms with Gasteiger partial charge in [0.05, 0.1) is 38.3 Å². The van der Waals surface area contributed by atoms with Gasteiger partial charge in [-0.3, -0.25) is 19.3 Å². The summed E-state index contributed by atoms with van der Waals surface area (Å²) in [5.74, 6) is -2.12. The molecule has 3 heterocycles. The minimum atomic E-state index is -2.11. The maximum absolute atomic E-state index is 14.9. The van der Waals surface area contributed by atoms with E-state index in [4.69, 9.17) is 14.2 Å². The van der Waals surface area contributed by atoms with Gasteiger partial charge in [0.15, 0.2) is 17.0 Å². The molecular weight excluding hydrogens is 552 g/mol. The van der Waals surface area contributed by atoms with Gasteiger partial charge in [-0.25, -0.2) is 0 Å². The Hall–Kier alpha value is -5.25. The van der Waals surface area contributed by atoms with Crippen molar-refractivity contribution in [1.82, 2.24) is 4.90 Å². The lowest BCUT2D eigenvalue weighted by Gasteiger charge is -2.44. The van der Waals surface area contributed by atoms with E-state index in [9.17, 15) is 24.6 Å². The predicted octanol–water partition coefficient (Wildman–Crippen LogP) is 4.26. The molecule has 0 aromatic heterocycles. The van der Waals surface area contributed by atoms with E-state index in [1.54, 1.807) is 35.2 Å². The van der Waals surface area contributed by atoms with Crippen LogP contribution >= 0.6 is 0 Å². The van der Waals surface area contributed by atoms with Crippen LogP contribution in [0.3, 0.4) is 0 Å². The molecule has 1 fully saturated rings. The quantitative estimate of drug-likeness (QED) is 0.260. The molecule has 2 N–H and O–H groups in total. The second-order valence-electron chi connectivity index (χ2n) is 11.2. The number of anilines is 1. The Morgan fingerprint density at radius 2 is 1.51 bits per heavy atom. The van der Waals surface area contributed by atoms with Crippen LogP contribution in [-0.4, -0.2) is 65.1 Å². The van der Waals surface area contributed by atoms with E-state index in [0.717, 1.165) is 10.5 Å². The van der Waals surface area contributed by atoms with Gasteiger partial charge in [0.2, 0.25) is 0 Å². The highest BCUT2D eigenvalue weighted by molar-refractivity contribution is 6.55. The van der Waals surface area contributed by atoms with Gasteiger partial charge in [0.1, 0.15) is 17.3 Å². The van der Waals surface area contributed by atoms with Gasteiger partial charge in [0.25, 0.3) is 11.7 Å². The number of amides is 2. The third-order valence-electron chi connectivity index (χ3n) is 8.31. The maximum Gasteiger partial charge on any atom is 0.300 e. The van der Waals surface area contributed by atoms with Crippen LogP contribution in [0.4, 0.5) is 5.69 Å². The Kier molecular flexibility index (Phi) is 6.26. The molecule has 3 aliphatic rings. The summed E-state index contributed by atoms with van der Waals surface area (Å²) in [5.41, 5.74) is -1.24. The number of aliphatic hydroxyl groups excluding tert-OH is 1. The summed E-state index contributed by atoms with van der Waals surface area (Å²) in [6.07, 6.45) is 1.95. The molecule has 0 bridgehead atoms. The number of aromatic hydroxyl groups is 1. The number of rotatable bonds is 5. The van der Waals surface area contributed by atoms with Crippen molar-refractivity contribution >= 4 is 34.7 Å².